The molecule has 2 aromatic rings. The number of nitrogens with one attached hydrogen (secondary N) is 2. The zero-order chi connectivity index (χ0) is 24.1. The molecule has 0 radical (unpaired) electrons. The molecule has 3 atom stereocenters. The number of fused-ring (bicyclic) bond motifs is 3. The SMILES string of the molecule is CCC[C@H](NC(=O)C1CCC(CNC(=O)OCC2c3ccccc3-c3ccccc32)O1)C(=O)O. The second kappa shape index (κ2) is 10.7. The molecule has 1 saturated heterocycles. The molecule has 180 valence electrons. The van der Waals surface area contributed by atoms with Crippen molar-refractivity contribution in [2.45, 2.75) is 56.8 Å². The Bertz CT molecular complexity index is 1010. The molecular formula is C26H30N2O6. The summed E-state index contributed by atoms with van der Waals surface area (Å²) in [6.45, 7) is 2.31. The van der Waals surface area contributed by atoms with Gasteiger partial charge in [0.25, 0.3) is 0 Å². The van der Waals surface area contributed by atoms with E-state index < -0.39 is 30.1 Å². The first kappa shape index (κ1) is 23.8. The van der Waals surface area contributed by atoms with Crippen LogP contribution in [0.1, 0.15) is 49.7 Å². The fourth-order valence-electron chi connectivity index (χ4n) is 4.71. The van der Waals surface area contributed by atoms with Crippen molar-refractivity contribution in [3.8, 4) is 11.1 Å². The van der Waals surface area contributed by atoms with Gasteiger partial charge in [0.1, 0.15) is 18.8 Å². The summed E-state index contributed by atoms with van der Waals surface area (Å²) < 4.78 is 11.3. The van der Waals surface area contributed by atoms with Gasteiger partial charge >= 0.3 is 12.1 Å². The van der Waals surface area contributed by atoms with Crippen molar-refractivity contribution in [2.75, 3.05) is 13.2 Å². The molecule has 4 rings (SSSR count). The standard InChI is InChI=1S/C26H30N2O6/c1-2-7-22(25(30)31)28-24(29)23-13-12-16(34-23)14-27-26(32)33-15-21-19-10-5-3-8-17(19)18-9-4-6-11-20(18)21/h3-6,8-11,16,21-23H,2,7,12-15H2,1H3,(H,27,32)(H,28,29)(H,30,31)/t16?,22-,23?/m0/s1. The molecule has 2 unspecified atom stereocenters. The highest BCUT2D eigenvalue weighted by atomic mass is 16.5. The van der Waals surface area contributed by atoms with Crippen molar-refractivity contribution >= 4 is 18.0 Å². The largest absolute Gasteiger partial charge is 0.480 e. The van der Waals surface area contributed by atoms with E-state index in [2.05, 4.69) is 34.9 Å². The molecule has 34 heavy (non-hydrogen) atoms. The Morgan fingerprint density at radius 1 is 1.06 bits per heavy atom. The monoisotopic (exact) mass is 466 g/mol. The fourth-order valence-corrected chi connectivity index (χ4v) is 4.71. The lowest BCUT2D eigenvalue weighted by atomic mass is 9.98. The number of carboxylic acids is 1. The summed E-state index contributed by atoms with van der Waals surface area (Å²) >= 11 is 0. The number of carboxylic acid groups (broad SMARTS) is 1. The summed E-state index contributed by atoms with van der Waals surface area (Å²) in [5.74, 6) is -1.49. The first-order valence-corrected chi connectivity index (χ1v) is 11.8. The normalized spacial score (nSPS) is 19.7. The number of amides is 2. The first-order valence-electron chi connectivity index (χ1n) is 11.8. The molecule has 1 heterocycles. The molecule has 3 N–H and O–H groups in total. The Kier molecular flexibility index (Phi) is 7.47. The molecule has 8 heteroatoms. The number of aliphatic carboxylic acids is 1. The van der Waals surface area contributed by atoms with E-state index in [4.69, 9.17) is 9.47 Å². The van der Waals surface area contributed by atoms with Crippen LogP contribution in [0.15, 0.2) is 48.5 Å². The lowest BCUT2D eigenvalue weighted by molar-refractivity contribution is -0.144. The summed E-state index contributed by atoms with van der Waals surface area (Å²) in [6.07, 6.45) is 0.496. The third-order valence-electron chi connectivity index (χ3n) is 6.41. The van der Waals surface area contributed by atoms with Gasteiger partial charge in [0, 0.05) is 12.5 Å². The molecule has 2 aromatic carbocycles. The van der Waals surface area contributed by atoms with Gasteiger partial charge in [-0.15, -0.1) is 0 Å². The molecule has 1 fully saturated rings. The number of hydrogen-bond acceptors (Lipinski definition) is 5. The van der Waals surface area contributed by atoms with Gasteiger partial charge in [-0.2, -0.15) is 0 Å². The van der Waals surface area contributed by atoms with Gasteiger partial charge in [-0.3, -0.25) is 4.79 Å². The van der Waals surface area contributed by atoms with E-state index in [0.29, 0.717) is 25.7 Å². The van der Waals surface area contributed by atoms with Gasteiger partial charge in [0.05, 0.1) is 6.10 Å². The molecule has 0 spiro atoms. The third kappa shape index (κ3) is 5.22. The highest BCUT2D eigenvalue weighted by Gasteiger charge is 2.33. The van der Waals surface area contributed by atoms with E-state index in [1.165, 1.54) is 11.1 Å². The van der Waals surface area contributed by atoms with Crippen LogP contribution in [0.5, 0.6) is 0 Å². The number of ether oxygens (including phenoxy) is 2. The number of carbonyl (C=O) groups is 3. The van der Waals surface area contributed by atoms with Crippen LogP contribution in [-0.4, -0.2) is 54.5 Å². The average molecular weight is 467 g/mol. The predicted octanol–water partition coefficient (Wildman–Crippen LogP) is 3.44. The van der Waals surface area contributed by atoms with E-state index in [1.54, 1.807) is 0 Å². The molecule has 8 nitrogen and oxygen atoms in total. The maximum Gasteiger partial charge on any atom is 0.407 e. The predicted molar refractivity (Wildman–Crippen MR) is 125 cm³/mol. The number of hydrogen-bond donors (Lipinski definition) is 3. The molecule has 0 bridgehead atoms. The van der Waals surface area contributed by atoms with Crippen molar-refractivity contribution in [2.24, 2.45) is 0 Å². The Labute approximate surface area is 198 Å². The van der Waals surface area contributed by atoms with E-state index in [0.717, 1.165) is 11.1 Å². The Morgan fingerprint density at radius 3 is 2.32 bits per heavy atom. The van der Waals surface area contributed by atoms with Crippen molar-refractivity contribution in [3.63, 3.8) is 0 Å². The quantitative estimate of drug-likeness (QED) is 0.522. The summed E-state index contributed by atoms with van der Waals surface area (Å²) in [4.78, 5) is 36.0. The van der Waals surface area contributed by atoms with Gasteiger partial charge in [-0.1, -0.05) is 61.9 Å². The maximum atomic E-state index is 12.4. The van der Waals surface area contributed by atoms with Crippen LogP contribution in [0.3, 0.4) is 0 Å². The van der Waals surface area contributed by atoms with Gasteiger partial charge in [-0.25, -0.2) is 9.59 Å². The highest BCUT2D eigenvalue weighted by molar-refractivity contribution is 5.86. The Hall–Kier alpha value is -3.39. The van der Waals surface area contributed by atoms with Crippen LogP contribution in [-0.2, 0) is 19.1 Å². The summed E-state index contributed by atoms with van der Waals surface area (Å²) in [5.41, 5.74) is 4.62. The zero-order valence-corrected chi connectivity index (χ0v) is 19.2. The van der Waals surface area contributed by atoms with Crippen LogP contribution in [0.2, 0.25) is 0 Å². The van der Waals surface area contributed by atoms with E-state index >= 15 is 0 Å². The fraction of sp³-hybridized carbons (Fsp3) is 0.423. The molecule has 0 aromatic heterocycles. The molecule has 2 amide bonds. The number of rotatable bonds is 9. The molecule has 2 aliphatic rings. The van der Waals surface area contributed by atoms with Crippen molar-refractivity contribution < 1.29 is 29.0 Å². The van der Waals surface area contributed by atoms with Crippen LogP contribution in [0.4, 0.5) is 4.79 Å². The number of alkyl carbamates (subject to hydrolysis) is 1. The van der Waals surface area contributed by atoms with Gasteiger partial charge in [0.15, 0.2) is 0 Å². The number of carbonyl (C=O) groups excluding carboxylic acids is 2. The van der Waals surface area contributed by atoms with Crippen LogP contribution in [0, 0.1) is 0 Å². The molecular weight excluding hydrogens is 436 g/mol. The molecule has 1 aliphatic carbocycles. The summed E-state index contributed by atoms with van der Waals surface area (Å²) in [6, 6.07) is 15.4. The number of benzene rings is 2. The second-order valence-electron chi connectivity index (χ2n) is 8.72. The minimum atomic E-state index is -1.05. The van der Waals surface area contributed by atoms with E-state index in [1.807, 2.05) is 31.2 Å². The first-order chi connectivity index (χ1) is 16.5. The van der Waals surface area contributed by atoms with Gasteiger partial charge < -0.3 is 25.2 Å². The zero-order valence-electron chi connectivity index (χ0n) is 19.2. The van der Waals surface area contributed by atoms with Crippen LogP contribution in [0.25, 0.3) is 11.1 Å². The van der Waals surface area contributed by atoms with E-state index in [9.17, 15) is 19.5 Å². The van der Waals surface area contributed by atoms with Crippen molar-refractivity contribution in [3.05, 3.63) is 59.7 Å². The summed E-state index contributed by atoms with van der Waals surface area (Å²) in [7, 11) is 0. The smallest absolute Gasteiger partial charge is 0.407 e. The van der Waals surface area contributed by atoms with Crippen LogP contribution >= 0.6 is 0 Å². The highest BCUT2D eigenvalue weighted by Crippen LogP contribution is 2.44. The average Bonchev–Trinajstić information content (AvgIpc) is 3.44. The molecule has 0 saturated carbocycles. The Balaban J connectivity index is 1.24. The maximum absolute atomic E-state index is 12.4. The lowest BCUT2D eigenvalue weighted by Crippen LogP contribution is -2.45. The summed E-state index contributed by atoms with van der Waals surface area (Å²) in [5, 5.41) is 14.5. The van der Waals surface area contributed by atoms with E-state index in [-0.39, 0.29) is 25.2 Å². The van der Waals surface area contributed by atoms with Crippen molar-refractivity contribution in [1.29, 1.82) is 0 Å². The Morgan fingerprint density at radius 2 is 1.71 bits per heavy atom. The minimum absolute atomic E-state index is 0.0146. The van der Waals surface area contributed by atoms with Gasteiger partial charge in [0.2, 0.25) is 5.91 Å². The minimum Gasteiger partial charge on any atom is -0.480 e. The topological polar surface area (TPSA) is 114 Å². The van der Waals surface area contributed by atoms with Gasteiger partial charge in [-0.05, 0) is 41.5 Å². The van der Waals surface area contributed by atoms with Crippen LogP contribution < -0.4 is 10.6 Å². The van der Waals surface area contributed by atoms with Crippen molar-refractivity contribution in [1.82, 2.24) is 10.6 Å². The lowest BCUT2D eigenvalue weighted by Gasteiger charge is -2.18. The molecule has 1 aliphatic heterocycles. The third-order valence-corrected chi connectivity index (χ3v) is 6.41. The second-order valence-corrected chi connectivity index (χ2v) is 8.72.